The summed E-state index contributed by atoms with van der Waals surface area (Å²) in [7, 11) is 0. The highest BCUT2D eigenvalue weighted by Crippen LogP contribution is 2.33. The number of rotatable bonds is 3. The number of nitrogens with zero attached hydrogens (tertiary/aromatic N) is 2. The quantitative estimate of drug-likeness (QED) is 0.713. The minimum Gasteiger partial charge on any atom is -0.481 e. The second kappa shape index (κ2) is 6.65. The number of hydrogen-bond donors (Lipinski definition) is 2. The number of anilines is 1. The van der Waals surface area contributed by atoms with Gasteiger partial charge in [-0.2, -0.15) is 0 Å². The van der Waals surface area contributed by atoms with Gasteiger partial charge in [0.2, 0.25) is 0 Å². The van der Waals surface area contributed by atoms with E-state index in [2.05, 4.69) is 20.9 Å². The number of piperidine rings is 1. The lowest BCUT2D eigenvalue weighted by Gasteiger charge is -2.32. The molecule has 2 heterocycles. The third-order valence-electron chi connectivity index (χ3n) is 4.98. The molecule has 0 spiro atoms. The molecule has 2 aromatic carbocycles. The number of imidazole rings is 1. The monoisotopic (exact) mass is 369 g/mol. The van der Waals surface area contributed by atoms with Crippen molar-refractivity contribution in [1.29, 1.82) is 0 Å². The maximum Gasteiger partial charge on any atom is 0.308 e. The summed E-state index contributed by atoms with van der Waals surface area (Å²) in [6, 6.07) is 11.9. The number of nitrogens with one attached hydrogen (secondary N) is 1. The van der Waals surface area contributed by atoms with Gasteiger partial charge < -0.3 is 15.0 Å². The molecule has 2 N–H and O–H groups in total. The van der Waals surface area contributed by atoms with E-state index in [0.717, 1.165) is 47.5 Å². The Balaban J connectivity index is 1.70. The fraction of sp³-hybridized carbons (Fsp3) is 0.300. The third kappa shape index (κ3) is 3.15. The van der Waals surface area contributed by atoms with E-state index in [-0.39, 0.29) is 5.92 Å². The second-order valence-electron chi connectivity index (χ2n) is 6.89. The van der Waals surface area contributed by atoms with Crippen molar-refractivity contribution in [1.82, 2.24) is 9.97 Å². The average molecular weight is 370 g/mol. The van der Waals surface area contributed by atoms with Crippen LogP contribution in [0.15, 0.2) is 36.4 Å². The Bertz CT molecular complexity index is 982. The number of H-pyrrole nitrogens is 1. The summed E-state index contributed by atoms with van der Waals surface area (Å²) >= 11 is 6.43. The summed E-state index contributed by atoms with van der Waals surface area (Å²) in [4.78, 5) is 21.5. The molecule has 0 saturated carbocycles. The van der Waals surface area contributed by atoms with E-state index in [9.17, 15) is 9.90 Å². The number of hydrogen-bond acceptors (Lipinski definition) is 3. The number of carboxylic acid groups (broad SMARTS) is 1. The Kier molecular flexibility index (Phi) is 4.32. The predicted molar refractivity (Wildman–Crippen MR) is 104 cm³/mol. The van der Waals surface area contributed by atoms with Gasteiger partial charge in [0.05, 0.1) is 22.0 Å². The summed E-state index contributed by atoms with van der Waals surface area (Å²) in [5, 5.41) is 9.94. The molecule has 0 bridgehead atoms. The van der Waals surface area contributed by atoms with Gasteiger partial charge in [0, 0.05) is 24.3 Å². The lowest BCUT2D eigenvalue weighted by Crippen LogP contribution is -2.38. The zero-order chi connectivity index (χ0) is 18.3. The van der Waals surface area contributed by atoms with Crippen LogP contribution in [0.1, 0.15) is 18.4 Å². The Morgan fingerprint density at radius 2 is 2.15 bits per heavy atom. The van der Waals surface area contributed by atoms with Gasteiger partial charge in [-0.15, -0.1) is 0 Å². The van der Waals surface area contributed by atoms with E-state index in [4.69, 9.17) is 11.6 Å². The molecule has 134 valence electrons. The standard InChI is InChI=1S/C20H20ClN3O2/c1-12-4-7-17-18(9-12)23-19(22-17)15-10-14(5-6-16(15)21)24-8-2-3-13(11-24)20(25)26/h4-7,9-10,13H,2-3,8,11H2,1H3,(H,22,23)(H,25,26). The minimum absolute atomic E-state index is 0.322. The van der Waals surface area contributed by atoms with Crippen molar-refractivity contribution in [3.8, 4) is 11.4 Å². The summed E-state index contributed by atoms with van der Waals surface area (Å²) in [5.41, 5.74) is 4.85. The van der Waals surface area contributed by atoms with E-state index in [1.54, 1.807) is 0 Å². The first kappa shape index (κ1) is 16.9. The van der Waals surface area contributed by atoms with Gasteiger partial charge in [-0.05, 0) is 55.7 Å². The van der Waals surface area contributed by atoms with E-state index in [1.807, 2.05) is 37.3 Å². The highest BCUT2D eigenvalue weighted by Gasteiger charge is 2.26. The van der Waals surface area contributed by atoms with E-state index < -0.39 is 5.97 Å². The van der Waals surface area contributed by atoms with Gasteiger partial charge >= 0.3 is 5.97 Å². The number of fused-ring (bicyclic) bond motifs is 1. The van der Waals surface area contributed by atoms with Crippen molar-refractivity contribution >= 4 is 34.3 Å². The summed E-state index contributed by atoms with van der Waals surface area (Å²) in [5.74, 6) is -0.321. The van der Waals surface area contributed by atoms with Crippen LogP contribution in [0.5, 0.6) is 0 Å². The molecule has 3 aromatic rings. The molecule has 0 amide bonds. The van der Waals surface area contributed by atoms with E-state index in [0.29, 0.717) is 11.6 Å². The van der Waals surface area contributed by atoms with Crippen LogP contribution < -0.4 is 4.90 Å². The van der Waals surface area contributed by atoms with E-state index in [1.165, 1.54) is 5.56 Å². The predicted octanol–water partition coefficient (Wildman–Crippen LogP) is 4.49. The molecule has 1 aliphatic heterocycles. The number of aliphatic carboxylic acids is 1. The molecule has 1 fully saturated rings. The van der Waals surface area contributed by atoms with Crippen LogP contribution in [0, 0.1) is 12.8 Å². The van der Waals surface area contributed by atoms with Crippen LogP contribution in [-0.2, 0) is 4.79 Å². The fourth-order valence-electron chi connectivity index (χ4n) is 3.56. The van der Waals surface area contributed by atoms with Crippen molar-refractivity contribution in [2.75, 3.05) is 18.0 Å². The molecule has 1 aromatic heterocycles. The van der Waals surface area contributed by atoms with Crippen LogP contribution in [0.25, 0.3) is 22.4 Å². The molecule has 0 radical (unpaired) electrons. The van der Waals surface area contributed by atoms with Gasteiger partial charge in [0.1, 0.15) is 5.82 Å². The Labute approximate surface area is 156 Å². The largest absolute Gasteiger partial charge is 0.481 e. The molecule has 6 heteroatoms. The molecule has 1 saturated heterocycles. The lowest BCUT2D eigenvalue weighted by atomic mass is 9.97. The first-order chi connectivity index (χ1) is 12.5. The first-order valence-electron chi connectivity index (χ1n) is 8.75. The Morgan fingerprint density at radius 1 is 1.31 bits per heavy atom. The minimum atomic E-state index is -0.725. The number of carbonyl (C=O) groups is 1. The molecular weight excluding hydrogens is 350 g/mol. The molecule has 1 atom stereocenters. The number of aromatic amines is 1. The van der Waals surface area contributed by atoms with Gasteiger partial charge in [0.15, 0.2) is 0 Å². The highest BCUT2D eigenvalue weighted by molar-refractivity contribution is 6.33. The van der Waals surface area contributed by atoms with Gasteiger partial charge in [-0.25, -0.2) is 4.98 Å². The number of halogens is 1. The van der Waals surface area contributed by atoms with E-state index >= 15 is 0 Å². The first-order valence-corrected chi connectivity index (χ1v) is 9.13. The molecule has 5 nitrogen and oxygen atoms in total. The zero-order valence-electron chi connectivity index (χ0n) is 14.5. The normalized spacial score (nSPS) is 17.6. The van der Waals surface area contributed by atoms with Crippen molar-refractivity contribution in [2.24, 2.45) is 5.92 Å². The smallest absolute Gasteiger partial charge is 0.308 e. The topological polar surface area (TPSA) is 69.2 Å². The summed E-state index contributed by atoms with van der Waals surface area (Å²) in [6.07, 6.45) is 1.61. The highest BCUT2D eigenvalue weighted by atomic mass is 35.5. The third-order valence-corrected chi connectivity index (χ3v) is 5.31. The lowest BCUT2D eigenvalue weighted by molar-refractivity contribution is -0.141. The number of benzene rings is 2. The molecule has 1 unspecified atom stereocenters. The number of aryl methyl sites for hydroxylation is 1. The van der Waals surface area contributed by atoms with Crippen LogP contribution in [0.3, 0.4) is 0 Å². The zero-order valence-corrected chi connectivity index (χ0v) is 15.3. The van der Waals surface area contributed by atoms with Crippen molar-refractivity contribution in [3.63, 3.8) is 0 Å². The van der Waals surface area contributed by atoms with Crippen molar-refractivity contribution < 1.29 is 9.90 Å². The molecule has 1 aliphatic rings. The van der Waals surface area contributed by atoms with Crippen LogP contribution in [0.4, 0.5) is 5.69 Å². The van der Waals surface area contributed by atoms with Crippen LogP contribution in [0.2, 0.25) is 5.02 Å². The Morgan fingerprint density at radius 3 is 2.96 bits per heavy atom. The average Bonchev–Trinajstić information content (AvgIpc) is 3.05. The molecule has 0 aliphatic carbocycles. The molecule has 4 rings (SSSR count). The molecular formula is C20H20ClN3O2. The summed E-state index contributed by atoms with van der Waals surface area (Å²) in [6.45, 7) is 3.42. The summed E-state index contributed by atoms with van der Waals surface area (Å²) < 4.78 is 0. The maximum atomic E-state index is 11.3. The number of carboxylic acids is 1. The Hall–Kier alpha value is -2.53. The van der Waals surface area contributed by atoms with Crippen molar-refractivity contribution in [2.45, 2.75) is 19.8 Å². The van der Waals surface area contributed by atoms with Crippen LogP contribution in [-0.4, -0.2) is 34.1 Å². The van der Waals surface area contributed by atoms with Gasteiger partial charge in [-0.3, -0.25) is 4.79 Å². The van der Waals surface area contributed by atoms with Gasteiger partial charge in [-0.1, -0.05) is 17.7 Å². The number of aromatic nitrogens is 2. The van der Waals surface area contributed by atoms with Crippen molar-refractivity contribution in [3.05, 3.63) is 47.0 Å². The second-order valence-corrected chi connectivity index (χ2v) is 7.30. The maximum absolute atomic E-state index is 11.3. The van der Waals surface area contributed by atoms with Crippen LogP contribution >= 0.6 is 11.6 Å². The SMILES string of the molecule is Cc1ccc2nc(-c3cc(N4CCCC(C(=O)O)C4)ccc3Cl)[nH]c2c1. The van der Waals surface area contributed by atoms with Gasteiger partial charge in [0.25, 0.3) is 0 Å². The fourth-order valence-corrected chi connectivity index (χ4v) is 3.76. The molecule has 26 heavy (non-hydrogen) atoms.